The summed E-state index contributed by atoms with van der Waals surface area (Å²) >= 11 is 3.44. The summed E-state index contributed by atoms with van der Waals surface area (Å²) in [6.07, 6.45) is 3.14. The van der Waals surface area contributed by atoms with Gasteiger partial charge in [0.2, 0.25) is 5.91 Å². The maximum Gasteiger partial charge on any atom is 0.326 e. The molecule has 3 rings (SSSR count). The van der Waals surface area contributed by atoms with Crippen molar-refractivity contribution in [1.82, 2.24) is 5.32 Å². The van der Waals surface area contributed by atoms with Gasteiger partial charge in [0.15, 0.2) is 0 Å². The van der Waals surface area contributed by atoms with E-state index < -0.39 is 17.9 Å². The number of carboxylic acid groups (broad SMARTS) is 1. The van der Waals surface area contributed by atoms with Crippen molar-refractivity contribution in [2.24, 2.45) is 0 Å². The first-order chi connectivity index (χ1) is 15.4. The molecule has 3 aromatic carbocycles. The Morgan fingerprint density at radius 2 is 1.75 bits per heavy atom. The number of halogens is 1. The van der Waals surface area contributed by atoms with Gasteiger partial charge in [-0.2, -0.15) is 0 Å². The van der Waals surface area contributed by atoms with E-state index in [9.17, 15) is 14.7 Å². The van der Waals surface area contributed by atoms with Crippen molar-refractivity contribution >= 4 is 33.9 Å². The van der Waals surface area contributed by atoms with E-state index in [4.69, 9.17) is 4.74 Å². The minimum Gasteiger partial charge on any atom is -0.488 e. The first-order valence-electron chi connectivity index (χ1n) is 10.1. The van der Waals surface area contributed by atoms with Crippen molar-refractivity contribution in [3.8, 4) is 5.75 Å². The van der Waals surface area contributed by atoms with Crippen molar-refractivity contribution in [2.45, 2.75) is 26.0 Å². The molecule has 0 heterocycles. The molecule has 0 unspecified atom stereocenters. The second-order valence-corrected chi connectivity index (χ2v) is 8.29. The van der Waals surface area contributed by atoms with Crippen LogP contribution in [-0.4, -0.2) is 23.0 Å². The number of carbonyl (C=O) groups excluding carboxylic acids is 1. The zero-order chi connectivity index (χ0) is 22.9. The molecule has 164 valence electrons. The standard InChI is InChI=1S/C26H24BrNO4/c1-18-7-9-20(10-8-18)17-32-24-13-12-22(27)16-21(24)11-14-25(29)28-23(26(30)31)15-19-5-3-2-4-6-19/h2-14,16,23H,15,17H2,1H3,(H,28,29)(H,30,31)/b14-11+/t23-/m1/s1. The van der Waals surface area contributed by atoms with Crippen LogP contribution < -0.4 is 10.1 Å². The Hall–Kier alpha value is -3.38. The second-order valence-electron chi connectivity index (χ2n) is 7.38. The van der Waals surface area contributed by atoms with E-state index in [1.54, 1.807) is 6.08 Å². The van der Waals surface area contributed by atoms with Gasteiger partial charge in [0.25, 0.3) is 0 Å². The normalized spacial score (nSPS) is 11.8. The monoisotopic (exact) mass is 493 g/mol. The predicted octanol–water partition coefficient (Wildman–Crippen LogP) is 5.16. The highest BCUT2D eigenvalue weighted by molar-refractivity contribution is 9.10. The Morgan fingerprint density at radius 3 is 2.44 bits per heavy atom. The molecule has 0 saturated carbocycles. The lowest BCUT2D eigenvalue weighted by atomic mass is 10.1. The number of nitrogens with one attached hydrogen (secondary N) is 1. The van der Waals surface area contributed by atoms with Gasteiger partial charge in [0.1, 0.15) is 18.4 Å². The van der Waals surface area contributed by atoms with Crippen LogP contribution in [0, 0.1) is 6.92 Å². The molecule has 0 spiro atoms. The third-order valence-corrected chi connectivity index (χ3v) is 5.29. The molecule has 0 saturated heterocycles. The summed E-state index contributed by atoms with van der Waals surface area (Å²) in [5.41, 5.74) is 3.76. The van der Waals surface area contributed by atoms with E-state index in [1.165, 1.54) is 11.6 Å². The SMILES string of the molecule is Cc1ccc(COc2ccc(Br)cc2/C=C/C(=O)N[C@H](Cc2ccccc2)C(=O)O)cc1. The summed E-state index contributed by atoms with van der Waals surface area (Å²) in [6, 6.07) is 21.8. The minimum absolute atomic E-state index is 0.206. The van der Waals surface area contributed by atoms with Crippen molar-refractivity contribution in [3.63, 3.8) is 0 Å². The Labute approximate surface area is 195 Å². The molecule has 0 bridgehead atoms. The number of amides is 1. The molecule has 0 aromatic heterocycles. The number of rotatable bonds is 9. The molecule has 2 N–H and O–H groups in total. The number of carbonyl (C=O) groups is 2. The Kier molecular flexibility index (Phi) is 8.22. The maximum absolute atomic E-state index is 12.4. The summed E-state index contributed by atoms with van der Waals surface area (Å²) in [5, 5.41) is 12.0. The van der Waals surface area contributed by atoms with Crippen LogP contribution in [0.25, 0.3) is 6.08 Å². The summed E-state index contributed by atoms with van der Waals surface area (Å²) in [4.78, 5) is 24.0. The van der Waals surface area contributed by atoms with Crippen LogP contribution >= 0.6 is 15.9 Å². The molecule has 1 amide bonds. The second kappa shape index (κ2) is 11.3. The lowest BCUT2D eigenvalue weighted by molar-refractivity contribution is -0.141. The van der Waals surface area contributed by atoms with E-state index in [0.29, 0.717) is 17.9 Å². The van der Waals surface area contributed by atoms with E-state index in [-0.39, 0.29) is 6.42 Å². The Balaban J connectivity index is 1.67. The van der Waals surface area contributed by atoms with Crippen molar-refractivity contribution < 1.29 is 19.4 Å². The fourth-order valence-electron chi connectivity index (χ4n) is 3.06. The first-order valence-corrected chi connectivity index (χ1v) is 10.9. The molecule has 1 atom stereocenters. The van der Waals surface area contributed by atoms with Crippen molar-refractivity contribution in [3.05, 3.63) is 106 Å². The largest absolute Gasteiger partial charge is 0.488 e. The minimum atomic E-state index is -1.08. The number of hydrogen-bond donors (Lipinski definition) is 2. The van der Waals surface area contributed by atoms with Crippen LogP contribution in [0.3, 0.4) is 0 Å². The van der Waals surface area contributed by atoms with Gasteiger partial charge in [-0.15, -0.1) is 0 Å². The number of benzene rings is 3. The average molecular weight is 494 g/mol. The van der Waals surface area contributed by atoms with Gasteiger partial charge in [-0.25, -0.2) is 4.79 Å². The van der Waals surface area contributed by atoms with E-state index >= 15 is 0 Å². The molecule has 0 aliphatic rings. The predicted molar refractivity (Wildman–Crippen MR) is 128 cm³/mol. The highest BCUT2D eigenvalue weighted by atomic mass is 79.9. The third kappa shape index (κ3) is 7.10. The van der Waals surface area contributed by atoms with Gasteiger partial charge < -0.3 is 15.2 Å². The molecule has 5 nitrogen and oxygen atoms in total. The van der Waals surface area contributed by atoms with Crippen LogP contribution in [0.2, 0.25) is 0 Å². The van der Waals surface area contributed by atoms with Crippen molar-refractivity contribution in [1.29, 1.82) is 0 Å². The molecule has 0 aliphatic carbocycles. The van der Waals surface area contributed by atoms with E-state index in [2.05, 4.69) is 21.2 Å². The van der Waals surface area contributed by atoms with Gasteiger partial charge in [0.05, 0.1) is 0 Å². The quantitative estimate of drug-likeness (QED) is 0.403. The highest BCUT2D eigenvalue weighted by Crippen LogP contribution is 2.25. The summed E-state index contributed by atoms with van der Waals surface area (Å²) < 4.78 is 6.79. The van der Waals surface area contributed by atoms with E-state index in [1.807, 2.05) is 79.7 Å². The summed E-state index contributed by atoms with van der Waals surface area (Å²) in [5.74, 6) is -0.949. The van der Waals surface area contributed by atoms with Gasteiger partial charge in [-0.05, 0) is 42.3 Å². The van der Waals surface area contributed by atoms with E-state index in [0.717, 1.165) is 15.6 Å². The molecule has 0 aliphatic heterocycles. The topological polar surface area (TPSA) is 75.6 Å². The molecular formula is C26H24BrNO4. The van der Waals surface area contributed by atoms with Crippen LogP contribution in [0.1, 0.15) is 22.3 Å². The zero-order valence-electron chi connectivity index (χ0n) is 17.6. The summed E-state index contributed by atoms with van der Waals surface area (Å²) in [6.45, 7) is 2.43. The van der Waals surface area contributed by atoms with Gasteiger partial charge in [-0.3, -0.25) is 4.79 Å². The van der Waals surface area contributed by atoms with Crippen molar-refractivity contribution in [2.75, 3.05) is 0 Å². The average Bonchev–Trinajstić information content (AvgIpc) is 2.78. The molecular weight excluding hydrogens is 470 g/mol. The fraction of sp³-hybridized carbons (Fsp3) is 0.154. The Bertz CT molecular complexity index is 1090. The van der Waals surface area contributed by atoms with Crippen LogP contribution in [0.5, 0.6) is 5.75 Å². The van der Waals surface area contributed by atoms with Crippen LogP contribution in [-0.2, 0) is 22.6 Å². The smallest absolute Gasteiger partial charge is 0.326 e. The molecule has 0 fully saturated rings. The first kappa shape index (κ1) is 23.3. The molecule has 0 radical (unpaired) electrons. The Morgan fingerprint density at radius 1 is 1.03 bits per heavy atom. The number of carboxylic acids is 1. The number of hydrogen-bond acceptors (Lipinski definition) is 3. The lowest BCUT2D eigenvalue weighted by Crippen LogP contribution is -2.41. The molecule has 6 heteroatoms. The number of ether oxygens (including phenoxy) is 1. The third-order valence-electron chi connectivity index (χ3n) is 4.80. The molecule has 32 heavy (non-hydrogen) atoms. The maximum atomic E-state index is 12.4. The van der Waals surface area contributed by atoms with Crippen LogP contribution in [0.15, 0.2) is 83.3 Å². The summed E-state index contributed by atoms with van der Waals surface area (Å²) in [7, 11) is 0. The molecule has 3 aromatic rings. The fourth-order valence-corrected chi connectivity index (χ4v) is 3.44. The van der Waals surface area contributed by atoms with Gasteiger partial charge in [-0.1, -0.05) is 76.1 Å². The number of aryl methyl sites for hydroxylation is 1. The zero-order valence-corrected chi connectivity index (χ0v) is 19.2. The lowest BCUT2D eigenvalue weighted by Gasteiger charge is -2.13. The number of aliphatic carboxylic acids is 1. The van der Waals surface area contributed by atoms with Gasteiger partial charge in [0, 0.05) is 22.5 Å². The highest BCUT2D eigenvalue weighted by Gasteiger charge is 2.19. The van der Waals surface area contributed by atoms with Gasteiger partial charge >= 0.3 is 5.97 Å². The van der Waals surface area contributed by atoms with Crippen LogP contribution in [0.4, 0.5) is 0 Å².